The van der Waals surface area contributed by atoms with Crippen molar-refractivity contribution in [2.45, 2.75) is 0 Å². The number of hydrogen-bond acceptors (Lipinski definition) is 6. The van der Waals surface area contributed by atoms with Crippen LogP contribution in [0.5, 0.6) is 0 Å². The fourth-order valence-electron chi connectivity index (χ4n) is 0.224. The van der Waals surface area contributed by atoms with E-state index in [0.29, 0.717) is 0 Å². The molecule has 0 heterocycles. The van der Waals surface area contributed by atoms with Crippen LogP contribution in [0.2, 0.25) is 0 Å². The Morgan fingerprint density at radius 2 is 1.40 bits per heavy atom. The molecule has 0 bridgehead atoms. The Bertz CT molecular complexity index is 146. The third-order valence-electron chi connectivity index (χ3n) is 0.521. The van der Waals surface area contributed by atoms with Crippen molar-refractivity contribution in [3.63, 3.8) is 0 Å². The standard InChI is InChI=1S/C2H7ClO6P2.4Na/c3-1-7-10(5)9-11(6)8-2-4;;;;/h4,10-11H,1-2H2;;;;. The number of halogens is 1. The van der Waals surface area contributed by atoms with Crippen LogP contribution in [0.25, 0.3) is 0 Å². The van der Waals surface area contributed by atoms with Crippen molar-refractivity contribution in [3.05, 3.63) is 0 Å². The summed E-state index contributed by atoms with van der Waals surface area (Å²) in [6, 6.07) is -0.313. The molecule has 0 amide bonds. The Kier molecular flexibility index (Phi) is 50.2. The zero-order chi connectivity index (χ0) is 8.69. The first-order valence-electron chi connectivity index (χ1n) is 2.39. The zero-order valence-electron chi connectivity index (χ0n) is 9.28. The summed E-state index contributed by atoms with van der Waals surface area (Å²) in [6.07, 6.45) is 0. The number of aliphatic hydroxyl groups excluding tert-OH is 1. The van der Waals surface area contributed by atoms with Crippen molar-refractivity contribution in [1.29, 1.82) is 0 Å². The molecule has 0 aromatic carbocycles. The molecule has 0 aliphatic carbocycles. The molecule has 0 aliphatic rings. The van der Waals surface area contributed by atoms with Crippen molar-refractivity contribution in [1.82, 2.24) is 0 Å². The van der Waals surface area contributed by atoms with Gasteiger partial charge in [0.05, 0.1) is 0 Å². The first kappa shape index (κ1) is 31.8. The van der Waals surface area contributed by atoms with Gasteiger partial charge in [-0.3, -0.25) is 18.2 Å². The van der Waals surface area contributed by atoms with Crippen LogP contribution in [-0.2, 0) is 22.5 Å². The molecule has 4 radical (unpaired) electrons. The largest absolute Gasteiger partial charge is 0.370 e. The quantitative estimate of drug-likeness (QED) is 0.306. The predicted octanol–water partition coefficient (Wildman–Crippen LogP) is -0.562. The van der Waals surface area contributed by atoms with Crippen molar-refractivity contribution in [3.8, 4) is 0 Å². The van der Waals surface area contributed by atoms with Crippen molar-refractivity contribution in [2.24, 2.45) is 0 Å². The van der Waals surface area contributed by atoms with Crippen LogP contribution >= 0.6 is 28.1 Å². The second-order valence-electron chi connectivity index (χ2n) is 1.13. The van der Waals surface area contributed by atoms with E-state index in [2.05, 4.69) is 13.4 Å². The number of aliphatic hydroxyl groups is 1. The van der Waals surface area contributed by atoms with Gasteiger partial charge in [0.2, 0.25) is 0 Å². The van der Waals surface area contributed by atoms with Crippen molar-refractivity contribution >= 4 is 146 Å². The Morgan fingerprint density at radius 3 is 1.73 bits per heavy atom. The minimum absolute atomic E-state index is 0. The van der Waals surface area contributed by atoms with Gasteiger partial charge in [-0.05, 0) is 0 Å². The molecule has 2 atom stereocenters. The molecule has 2 unspecified atom stereocenters. The first-order valence-corrected chi connectivity index (χ1v) is 5.37. The summed E-state index contributed by atoms with van der Waals surface area (Å²) in [6.45, 7) is -0.756. The molecule has 6 nitrogen and oxygen atoms in total. The molecule has 0 aliphatic heterocycles. The Balaban J connectivity index is -0.0000000833. The zero-order valence-corrected chi connectivity index (χ0v) is 20.0. The van der Waals surface area contributed by atoms with Crippen LogP contribution in [0, 0.1) is 0 Å². The molecule has 13 heteroatoms. The minimum Gasteiger partial charge on any atom is -0.370 e. The van der Waals surface area contributed by atoms with Crippen LogP contribution in [0.1, 0.15) is 0 Å². The molecule has 15 heavy (non-hydrogen) atoms. The summed E-state index contributed by atoms with van der Waals surface area (Å²) in [5.74, 6) is 0. The van der Waals surface area contributed by atoms with E-state index in [1.165, 1.54) is 0 Å². The van der Waals surface area contributed by atoms with Gasteiger partial charge in [-0.25, -0.2) is 4.31 Å². The monoisotopic (exact) mass is 316 g/mol. The molecule has 0 aromatic heterocycles. The van der Waals surface area contributed by atoms with E-state index in [1.54, 1.807) is 0 Å². The van der Waals surface area contributed by atoms with Crippen molar-refractivity contribution in [2.75, 3.05) is 12.9 Å². The normalized spacial score (nSPS) is 11.9. The van der Waals surface area contributed by atoms with E-state index >= 15 is 0 Å². The molecule has 0 aromatic rings. The Morgan fingerprint density at radius 1 is 1.00 bits per heavy atom. The fraction of sp³-hybridized carbons (Fsp3) is 1.00. The van der Waals surface area contributed by atoms with E-state index in [1.807, 2.05) is 0 Å². The second-order valence-corrected chi connectivity index (χ2v) is 3.74. The molecular formula is C2H7ClNa4O6P2. The summed E-state index contributed by atoms with van der Waals surface area (Å²) < 4.78 is 33.2. The van der Waals surface area contributed by atoms with E-state index in [-0.39, 0.29) is 124 Å². The molecule has 0 rings (SSSR count). The molecule has 0 fully saturated rings. The summed E-state index contributed by atoms with van der Waals surface area (Å²) >= 11 is 5.00. The van der Waals surface area contributed by atoms with Crippen LogP contribution < -0.4 is 0 Å². The number of hydrogen-bond donors (Lipinski definition) is 1. The van der Waals surface area contributed by atoms with E-state index in [4.69, 9.17) is 16.7 Å². The van der Waals surface area contributed by atoms with Gasteiger partial charge >= 0.3 is 16.5 Å². The fourth-order valence-corrected chi connectivity index (χ4v) is 1.70. The van der Waals surface area contributed by atoms with Gasteiger partial charge in [-0.2, -0.15) is 0 Å². The minimum atomic E-state index is -2.91. The Hall–Kier alpha value is 4.59. The molecule has 0 saturated heterocycles. The average molecular weight is 316 g/mol. The second kappa shape index (κ2) is 23.7. The molecule has 0 spiro atoms. The predicted molar refractivity (Wildman–Crippen MR) is 62.1 cm³/mol. The van der Waals surface area contributed by atoms with Crippen LogP contribution in [-0.4, -0.2) is 136 Å². The van der Waals surface area contributed by atoms with Gasteiger partial charge in [0.25, 0.3) is 0 Å². The van der Waals surface area contributed by atoms with Gasteiger partial charge < -0.3 is 5.11 Å². The van der Waals surface area contributed by atoms with E-state index in [9.17, 15) is 9.13 Å². The maximum atomic E-state index is 10.4. The maximum Gasteiger partial charge on any atom is 0.328 e. The number of rotatable bonds is 6. The van der Waals surface area contributed by atoms with Gasteiger partial charge in [0, 0.05) is 118 Å². The van der Waals surface area contributed by atoms with Gasteiger partial charge in [0.1, 0.15) is 6.07 Å². The summed E-state index contributed by atoms with van der Waals surface area (Å²) in [5, 5.41) is 8.05. The number of alkyl halides is 1. The SMILES string of the molecule is O=[PH](OCO)O[PH](=O)OCCl.[Na].[Na].[Na].[Na]. The van der Waals surface area contributed by atoms with E-state index < -0.39 is 23.3 Å². The van der Waals surface area contributed by atoms with Crippen LogP contribution in [0.3, 0.4) is 0 Å². The molecule has 72 valence electrons. The van der Waals surface area contributed by atoms with Crippen molar-refractivity contribution < 1.29 is 27.6 Å². The third kappa shape index (κ3) is 24.0. The smallest absolute Gasteiger partial charge is 0.328 e. The molecular weight excluding hydrogens is 309 g/mol. The maximum absolute atomic E-state index is 10.4. The summed E-state index contributed by atoms with van der Waals surface area (Å²) in [5.41, 5.74) is 0. The summed E-state index contributed by atoms with van der Waals surface area (Å²) in [4.78, 5) is 0. The van der Waals surface area contributed by atoms with Crippen LogP contribution in [0.4, 0.5) is 0 Å². The van der Waals surface area contributed by atoms with Gasteiger partial charge in [-0.15, -0.1) is 0 Å². The molecule has 1 N–H and O–H groups in total. The third-order valence-corrected chi connectivity index (χ3v) is 2.89. The first-order chi connectivity index (χ1) is 5.20. The van der Waals surface area contributed by atoms with Gasteiger partial charge in [0.15, 0.2) is 6.79 Å². The summed E-state index contributed by atoms with van der Waals surface area (Å²) in [7, 11) is -5.76. The van der Waals surface area contributed by atoms with Gasteiger partial charge in [-0.1, -0.05) is 11.6 Å². The Labute approximate surface area is 183 Å². The van der Waals surface area contributed by atoms with Crippen LogP contribution in [0.15, 0.2) is 0 Å². The topological polar surface area (TPSA) is 82.1 Å². The van der Waals surface area contributed by atoms with E-state index in [0.717, 1.165) is 0 Å². The molecule has 0 saturated carbocycles. The average Bonchev–Trinajstić information content (AvgIpc) is 1.87.